The monoisotopic (exact) mass is 246 g/mol. The molecule has 0 aromatic heterocycles. The first-order chi connectivity index (χ1) is 8.56. The number of anilines is 1. The summed E-state index contributed by atoms with van der Waals surface area (Å²) in [5.41, 5.74) is 2.44. The number of nitrogens with zero attached hydrogens (tertiary/aromatic N) is 1. The summed E-state index contributed by atoms with van der Waals surface area (Å²) in [6, 6.07) is 7.70. The minimum absolute atomic E-state index is 0.0783. The molecule has 1 atom stereocenters. The summed E-state index contributed by atoms with van der Waals surface area (Å²) in [6.07, 6.45) is 0.949. The van der Waals surface area contributed by atoms with Crippen molar-refractivity contribution in [3.8, 4) is 6.07 Å². The van der Waals surface area contributed by atoms with Gasteiger partial charge in [0.05, 0.1) is 11.3 Å². The van der Waals surface area contributed by atoms with Gasteiger partial charge in [0.2, 0.25) is 0 Å². The van der Waals surface area contributed by atoms with Gasteiger partial charge in [0.15, 0.2) is 0 Å². The van der Waals surface area contributed by atoms with E-state index in [-0.39, 0.29) is 12.3 Å². The summed E-state index contributed by atoms with van der Waals surface area (Å²) in [7, 11) is 0. The maximum Gasteiger partial charge on any atom is 0.303 e. The lowest BCUT2D eigenvalue weighted by Gasteiger charge is -2.15. The van der Waals surface area contributed by atoms with Crippen LogP contribution in [0.4, 0.5) is 5.69 Å². The van der Waals surface area contributed by atoms with Gasteiger partial charge < -0.3 is 10.4 Å². The highest BCUT2D eigenvalue weighted by atomic mass is 16.4. The second-order valence-corrected chi connectivity index (χ2v) is 4.41. The normalized spacial score (nSPS) is 11.6. The van der Waals surface area contributed by atoms with Crippen LogP contribution in [-0.2, 0) is 4.79 Å². The van der Waals surface area contributed by atoms with Gasteiger partial charge >= 0.3 is 5.97 Å². The number of carbonyl (C=O) groups is 1. The molecule has 0 aliphatic carbocycles. The van der Waals surface area contributed by atoms with Crippen LogP contribution < -0.4 is 5.32 Å². The van der Waals surface area contributed by atoms with Crippen molar-refractivity contribution < 1.29 is 9.90 Å². The van der Waals surface area contributed by atoms with E-state index in [1.54, 1.807) is 6.07 Å². The Balaban J connectivity index is 2.70. The molecule has 1 aromatic rings. The molecule has 1 aromatic carbocycles. The van der Waals surface area contributed by atoms with Gasteiger partial charge in [0, 0.05) is 13.0 Å². The summed E-state index contributed by atoms with van der Waals surface area (Å²) in [5.74, 6) is -0.706. The smallest absolute Gasteiger partial charge is 0.303 e. The zero-order chi connectivity index (χ0) is 13.5. The molecule has 0 bridgehead atoms. The van der Waals surface area contributed by atoms with E-state index in [1.165, 1.54) is 0 Å². The van der Waals surface area contributed by atoms with Crippen LogP contribution in [0.2, 0.25) is 0 Å². The van der Waals surface area contributed by atoms with Crippen LogP contribution in [-0.4, -0.2) is 17.6 Å². The summed E-state index contributed by atoms with van der Waals surface area (Å²) >= 11 is 0. The lowest BCUT2D eigenvalue weighted by molar-refractivity contribution is -0.138. The molecule has 0 fully saturated rings. The molecule has 0 spiro atoms. The van der Waals surface area contributed by atoms with Gasteiger partial charge in [0.25, 0.3) is 0 Å². The van der Waals surface area contributed by atoms with Crippen LogP contribution in [0.1, 0.15) is 30.9 Å². The average molecular weight is 246 g/mol. The van der Waals surface area contributed by atoms with Crippen molar-refractivity contribution in [2.24, 2.45) is 5.92 Å². The molecular weight excluding hydrogens is 228 g/mol. The van der Waals surface area contributed by atoms with Gasteiger partial charge in [-0.05, 0) is 30.5 Å². The molecule has 1 rings (SSSR count). The predicted octanol–water partition coefficient (Wildman–Crippen LogP) is 2.78. The third-order valence-corrected chi connectivity index (χ3v) is 2.92. The zero-order valence-electron chi connectivity index (χ0n) is 10.7. The van der Waals surface area contributed by atoms with E-state index >= 15 is 0 Å². The number of carboxylic acid groups (broad SMARTS) is 1. The van der Waals surface area contributed by atoms with Crippen molar-refractivity contribution >= 4 is 11.7 Å². The lowest BCUT2D eigenvalue weighted by Crippen LogP contribution is -2.17. The fourth-order valence-corrected chi connectivity index (χ4v) is 1.76. The van der Waals surface area contributed by atoms with E-state index in [9.17, 15) is 4.79 Å². The maximum atomic E-state index is 10.7. The number of rotatable bonds is 6. The number of hydrogen-bond donors (Lipinski definition) is 2. The second kappa shape index (κ2) is 6.65. The molecule has 0 heterocycles. The number of hydrogen-bond acceptors (Lipinski definition) is 3. The van der Waals surface area contributed by atoms with E-state index in [2.05, 4.69) is 11.4 Å². The van der Waals surface area contributed by atoms with E-state index in [0.29, 0.717) is 12.1 Å². The molecule has 18 heavy (non-hydrogen) atoms. The van der Waals surface area contributed by atoms with E-state index in [0.717, 1.165) is 17.7 Å². The van der Waals surface area contributed by atoms with Crippen molar-refractivity contribution in [1.29, 1.82) is 5.26 Å². The summed E-state index contributed by atoms with van der Waals surface area (Å²) in [5, 5.41) is 20.9. The van der Waals surface area contributed by atoms with Crippen LogP contribution in [0.15, 0.2) is 18.2 Å². The van der Waals surface area contributed by atoms with Crippen LogP contribution in [0.5, 0.6) is 0 Å². The van der Waals surface area contributed by atoms with E-state index in [1.807, 2.05) is 26.0 Å². The van der Waals surface area contributed by atoms with Gasteiger partial charge in [-0.2, -0.15) is 5.26 Å². The van der Waals surface area contributed by atoms with Gasteiger partial charge in [-0.3, -0.25) is 4.79 Å². The van der Waals surface area contributed by atoms with Crippen molar-refractivity contribution in [2.45, 2.75) is 26.7 Å². The Hall–Kier alpha value is -2.02. The lowest BCUT2D eigenvalue weighted by atomic mass is 10.0. The first-order valence-corrected chi connectivity index (χ1v) is 6.03. The molecular formula is C14H18N2O2. The molecule has 96 valence electrons. The van der Waals surface area contributed by atoms with Crippen LogP contribution >= 0.6 is 0 Å². The highest BCUT2D eigenvalue weighted by molar-refractivity contribution is 5.67. The molecule has 0 amide bonds. The molecule has 2 N–H and O–H groups in total. The van der Waals surface area contributed by atoms with Gasteiger partial charge in [0.1, 0.15) is 6.07 Å². The number of aryl methyl sites for hydroxylation is 1. The summed E-state index contributed by atoms with van der Waals surface area (Å²) < 4.78 is 0. The van der Waals surface area contributed by atoms with Crippen molar-refractivity contribution in [3.63, 3.8) is 0 Å². The van der Waals surface area contributed by atoms with E-state index < -0.39 is 5.97 Å². The molecule has 4 nitrogen and oxygen atoms in total. The first-order valence-electron chi connectivity index (χ1n) is 6.03. The topological polar surface area (TPSA) is 73.1 Å². The Bertz CT molecular complexity index is 463. The third-order valence-electron chi connectivity index (χ3n) is 2.92. The minimum atomic E-state index is -0.784. The fourth-order valence-electron chi connectivity index (χ4n) is 1.76. The number of aliphatic carboxylic acids is 1. The summed E-state index contributed by atoms with van der Waals surface area (Å²) in [4.78, 5) is 10.7. The molecule has 0 saturated carbocycles. The molecule has 0 aliphatic heterocycles. The highest BCUT2D eigenvalue weighted by Crippen LogP contribution is 2.18. The average Bonchev–Trinajstić information content (AvgIpc) is 2.34. The van der Waals surface area contributed by atoms with Crippen molar-refractivity contribution in [3.05, 3.63) is 29.3 Å². The Morgan fingerprint density at radius 1 is 1.56 bits per heavy atom. The predicted molar refractivity (Wildman–Crippen MR) is 70.4 cm³/mol. The largest absolute Gasteiger partial charge is 0.481 e. The standard InChI is InChI=1S/C14H18N2O2/c1-3-11(7-14(17)18)9-16-13-6-10(2)4-5-12(13)8-15/h4-6,11,16H,3,7,9H2,1-2H3,(H,17,18). The highest BCUT2D eigenvalue weighted by Gasteiger charge is 2.11. The van der Waals surface area contributed by atoms with Crippen LogP contribution in [0.25, 0.3) is 0 Å². The summed E-state index contributed by atoms with van der Waals surface area (Å²) in [6.45, 7) is 4.50. The quantitative estimate of drug-likeness (QED) is 0.809. The maximum absolute atomic E-state index is 10.7. The Morgan fingerprint density at radius 2 is 2.28 bits per heavy atom. The number of nitriles is 1. The number of nitrogens with one attached hydrogen (secondary N) is 1. The SMILES string of the molecule is CCC(CNc1cc(C)ccc1C#N)CC(=O)O. The molecule has 1 unspecified atom stereocenters. The van der Waals surface area contributed by atoms with Crippen LogP contribution in [0, 0.1) is 24.2 Å². The number of benzene rings is 1. The van der Waals surface area contributed by atoms with Gasteiger partial charge in [-0.15, -0.1) is 0 Å². The minimum Gasteiger partial charge on any atom is -0.481 e. The molecule has 0 saturated heterocycles. The first kappa shape index (κ1) is 14.0. The van der Waals surface area contributed by atoms with Gasteiger partial charge in [-0.25, -0.2) is 0 Å². The molecule has 0 radical (unpaired) electrons. The fraction of sp³-hybridized carbons (Fsp3) is 0.429. The van der Waals surface area contributed by atoms with Gasteiger partial charge in [-0.1, -0.05) is 19.4 Å². The Labute approximate surface area is 107 Å². The van der Waals surface area contributed by atoms with Crippen molar-refractivity contribution in [1.82, 2.24) is 0 Å². The third kappa shape index (κ3) is 4.10. The molecule has 4 heteroatoms. The Morgan fingerprint density at radius 3 is 2.83 bits per heavy atom. The Kier molecular flexibility index (Phi) is 5.19. The van der Waals surface area contributed by atoms with E-state index in [4.69, 9.17) is 10.4 Å². The second-order valence-electron chi connectivity index (χ2n) is 4.41. The molecule has 0 aliphatic rings. The number of carboxylic acids is 1. The van der Waals surface area contributed by atoms with Crippen LogP contribution in [0.3, 0.4) is 0 Å². The van der Waals surface area contributed by atoms with Crippen molar-refractivity contribution in [2.75, 3.05) is 11.9 Å². The zero-order valence-corrected chi connectivity index (χ0v) is 10.7.